The predicted octanol–water partition coefficient (Wildman–Crippen LogP) is 4.68. The number of hydrogen-bond donors (Lipinski definition) is 0. The Hall–Kier alpha value is -3.19. The van der Waals surface area contributed by atoms with Crippen molar-refractivity contribution < 1.29 is 13.7 Å². The Balaban J connectivity index is 1.81. The van der Waals surface area contributed by atoms with E-state index in [0.29, 0.717) is 46.9 Å². The SMILES string of the molecule is C=CCN(Cc1cccs1)C(=O)c1cc(-c2ccco2)nc2onc(C)c12. The first-order valence-corrected chi connectivity index (χ1v) is 9.29. The summed E-state index contributed by atoms with van der Waals surface area (Å²) < 4.78 is 10.8. The molecule has 0 aliphatic heterocycles. The second-order valence-corrected chi connectivity index (χ2v) is 7.07. The number of nitrogens with zero attached hydrogens (tertiary/aromatic N) is 3. The lowest BCUT2D eigenvalue weighted by Crippen LogP contribution is -2.30. The van der Waals surface area contributed by atoms with E-state index < -0.39 is 0 Å². The van der Waals surface area contributed by atoms with E-state index in [0.717, 1.165) is 4.88 Å². The molecule has 0 N–H and O–H groups in total. The lowest BCUT2D eigenvalue weighted by Gasteiger charge is -2.21. The third-order valence-corrected chi connectivity index (χ3v) is 5.05. The number of carbonyl (C=O) groups is 1. The van der Waals surface area contributed by atoms with Crippen LogP contribution in [0.5, 0.6) is 0 Å². The second-order valence-electron chi connectivity index (χ2n) is 6.03. The van der Waals surface area contributed by atoms with E-state index in [-0.39, 0.29) is 5.91 Å². The zero-order valence-corrected chi connectivity index (χ0v) is 15.5. The van der Waals surface area contributed by atoms with Gasteiger partial charge in [0.25, 0.3) is 11.6 Å². The van der Waals surface area contributed by atoms with Crippen LogP contribution >= 0.6 is 11.3 Å². The molecule has 1 amide bonds. The van der Waals surface area contributed by atoms with Gasteiger partial charge in [0, 0.05) is 11.4 Å². The third-order valence-electron chi connectivity index (χ3n) is 4.18. The number of amides is 1. The van der Waals surface area contributed by atoms with Gasteiger partial charge in [0.1, 0.15) is 5.69 Å². The predicted molar refractivity (Wildman–Crippen MR) is 103 cm³/mol. The van der Waals surface area contributed by atoms with Gasteiger partial charge in [0.05, 0.1) is 29.5 Å². The molecular weight excluding hydrogens is 362 g/mol. The molecule has 0 fully saturated rings. The van der Waals surface area contributed by atoms with Crippen molar-refractivity contribution in [2.75, 3.05) is 6.54 Å². The van der Waals surface area contributed by atoms with Crippen LogP contribution in [0.2, 0.25) is 0 Å². The number of hydrogen-bond acceptors (Lipinski definition) is 6. The van der Waals surface area contributed by atoms with Gasteiger partial charge in [-0.2, -0.15) is 0 Å². The average molecular weight is 379 g/mol. The molecular formula is C20H17N3O3S. The molecule has 4 aromatic rings. The molecule has 27 heavy (non-hydrogen) atoms. The van der Waals surface area contributed by atoms with Gasteiger partial charge in [0.15, 0.2) is 5.76 Å². The van der Waals surface area contributed by atoms with Crippen molar-refractivity contribution in [3.8, 4) is 11.5 Å². The lowest BCUT2D eigenvalue weighted by atomic mass is 10.1. The van der Waals surface area contributed by atoms with Crippen molar-refractivity contribution in [1.29, 1.82) is 0 Å². The number of pyridine rings is 1. The summed E-state index contributed by atoms with van der Waals surface area (Å²) in [6.45, 7) is 6.52. The van der Waals surface area contributed by atoms with Gasteiger partial charge >= 0.3 is 0 Å². The number of furan rings is 1. The van der Waals surface area contributed by atoms with Crippen molar-refractivity contribution in [3.05, 3.63) is 70.8 Å². The van der Waals surface area contributed by atoms with E-state index in [1.54, 1.807) is 53.7 Å². The van der Waals surface area contributed by atoms with Crippen LogP contribution in [0.15, 0.2) is 63.6 Å². The molecule has 0 saturated carbocycles. The van der Waals surface area contributed by atoms with Gasteiger partial charge < -0.3 is 13.8 Å². The smallest absolute Gasteiger partial charge is 0.259 e. The fourth-order valence-corrected chi connectivity index (χ4v) is 3.67. The summed E-state index contributed by atoms with van der Waals surface area (Å²) in [5, 5.41) is 6.60. The van der Waals surface area contributed by atoms with Crippen molar-refractivity contribution >= 4 is 28.3 Å². The molecule has 0 saturated heterocycles. The quantitative estimate of drug-likeness (QED) is 0.455. The molecule has 136 valence electrons. The molecule has 0 unspecified atom stereocenters. The summed E-state index contributed by atoms with van der Waals surface area (Å²) in [5.41, 5.74) is 1.96. The van der Waals surface area contributed by atoms with Crippen LogP contribution in [0.3, 0.4) is 0 Å². The Bertz CT molecular complexity index is 1080. The number of fused-ring (bicyclic) bond motifs is 1. The largest absolute Gasteiger partial charge is 0.463 e. The molecule has 6 nitrogen and oxygen atoms in total. The van der Waals surface area contributed by atoms with Crippen LogP contribution in [0.25, 0.3) is 22.6 Å². The molecule has 4 rings (SSSR count). The van der Waals surface area contributed by atoms with E-state index in [2.05, 4.69) is 16.7 Å². The normalized spacial score (nSPS) is 11.0. The zero-order chi connectivity index (χ0) is 18.8. The summed E-state index contributed by atoms with van der Waals surface area (Å²) >= 11 is 1.61. The lowest BCUT2D eigenvalue weighted by molar-refractivity contribution is 0.0766. The summed E-state index contributed by atoms with van der Waals surface area (Å²) in [4.78, 5) is 20.7. The standard InChI is InChI=1S/C20H17N3O3S/c1-3-8-23(12-14-6-5-10-27-14)20(24)15-11-16(17-7-4-9-25-17)21-19-18(15)13(2)22-26-19/h3-7,9-11H,1,8,12H2,2H3. The van der Waals surface area contributed by atoms with Crippen LogP contribution in [0.4, 0.5) is 0 Å². The van der Waals surface area contributed by atoms with Gasteiger partial charge in [-0.05, 0) is 36.6 Å². The van der Waals surface area contributed by atoms with Crippen molar-refractivity contribution in [1.82, 2.24) is 15.0 Å². The van der Waals surface area contributed by atoms with Gasteiger partial charge in [-0.3, -0.25) is 4.79 Å². The van der Waals surface area contributed by atoms with Crippen molar-refractivity contribution in [2.24, 2.45) is 0 Å². The molecule has 4 heterocycles. The van der Waals surface area contributed by atoms with Gasteiger partial charge in [-0.15, -0.1) is 17.9 Å². The maximum atomic E-state index is 13.4. The zero-order valence-electron chi connectivity index (χ0n) is 14.7. The van der Waals surface area contributed by atoms with Crippen LogP contribution in [-0.4, -0.2) is 27.5 Å². The van der Waals surface area contributed by atoms with Crippen molar-refractivity contribution in [3.63, 3.8) is 0 Å². The van der Waals surface area contributed by atoms with Crippen LogP contribution < -0.4 is 0 Å². The summed E-state index contributed by atoms with van der Waals surface area (Å²) in [5.74, 6) is 0.434. The number of aromatic nitrogens is 2. The highest BCUT2D eigenvalue weighted by Crippen LogP contribution is 2.28. The monoisotopic (exact) mass is 379 g/mol. The Kier molecular flexibility index (Phi) is 4.60. The van der Waals surface area contributed by atoms with Crippen LogP contribution in [0, 0.1) is 6.92 Å². The first-order chi connectivity index (χ1) is 13.2. The fraction of sp³-hybridized carbons (Fsp3) is 0.150. The van der Waals surface area contributed by atoms with E-state index >= 15 is 0 Å². The molecule has 0 aromatic carbocycles. The maximum absolute atomic E-state index is 13.4. The van der Waals surface area contributed by atoms with E-state index in [1.807, 2.05) is 17.5 Å². The van der Waals surface area contributed by atoms with Gasteiger partial charge in [-0.25, -0.2) is 4.98 Å². The minimum atomic E-state index is -0.130. The van der Waals surface area contributed by atoms with Gasteiger partial charge in [0.2, 0.25) is 0 Å². The molecule has 0 aliphatic rings. The van der Waals surface area contributed by atoms with Crippen LogP contribution in [-0.2, 0) is 6.54 Å². The highest BCUT2D eigenvalue weighted by molar-refractivity contribution is 7.09. The number of carbonyl (C=O) groups excluding carboxylic acids is 1. The molecule has 7 heteroatoms. The fourth-order valence-electron chi connectivity index (χ4n) is 2.95. The van der Waals surface area contributed by atoms with Crippen LogP contribution in [0.1, 0.15) is 20.9 Å². The molecule has 0 aliphatic carbocycles. The minimum Gasteiger partial charge on any atom is -0.463 e. The minimum absolute atomic E-state index is 0.130. The summed E-state index contributed by atoms with van der Waals surface area (Å²) in [6, 6.07) is 9.28. The average Bonchev–Trinajstić information content (AvgIpc) is 3.42. The number of thiophene rings is 1. The number of rotatable bonds is 6. The first-order valence-electron chi connectivity index (χ1n) is 8.41. The summed E-state index contributed by atoms with van der Waals surface area (Å²) in [7, 11) is 0. The summed E-state index contributed by atoms with van der Waals surface area (Å²) in [6.07, 6.45) is 3.28. The highest BCUT2D eigenvalue weighted by atomic mass is 32.1. The Morgan fingerprint density at radius 3 is 2.96 bits per heavy atom. The number of aryl methyl sites for hydroxylation is 1. The first kappa shape index (κ1) is 17.2. The molecule has 0 bridgehead atoms. The maximum Gasteiger partial charge on any atom is 0.259 e. The Morgan fingerprint density at radius 1 is 1.37 bits per heavy atom. The third kappa shape index (κ3) is 3.29. The Labute approximate surface area is 159 Å². The molecule has 0 atom stereocenters. The van der Waals surface area contributed by atoms with Crippen molar-refractivity contribution in [2.45, 2.75) is 13.5 Å². The Morgan fingerprint density at radius 2 is 2.26 bits per heavy atom. The molecule has 4 aromatic heterocycles. The van der Waals surface area contributed by atoms with E-state index in [4.69, 9.17) is 8.94 Å². The van der Waals surface area contributed by atoms with E-state index in [9.17, 15) is 4.79 Å². The second kappa shape index (κ2) is 7.20. The molecule has 0 radical (unpaired) electrons. The van der Waals surface area contributed by atoms with E-state index in [1.165, 1.54) is 0 Å². The topological polar surface area (TPSA) is 72.4 Å². The molecule has 0 spiro atoms. The van der Waals surface area contributed by atoms with Gasteiger partial charge in [-0.1, -0.05) is 17.3 Å². The highest BCUT2D eigenvalue weighted by Gasteiger charge is 2.24.